The average molecular weight is 1290 g/mol. The molecule has 1 aliphatic rings. The highest BCUT2D eigenvalue weighted by Crippen LogP contribution is 2.19. The van der Waals surface area contributed by atoms with Crippen LogP contribution in [0.2, 0.25) is 0 Å². The Morgan fingerprint density at radius 2 is 1.12 bits per heavy atom. The van der Waals surface area contributed by atoms with E-state index in [-0.39, 0.29) is 30.9 Å². The van der Waals surface area contributed by atoms with Crippen molar-refractivity contribution in [2.45, 2.75) is 206 Å². The number of benzene rings is 2. The molecule has 26 nitrogen and oxygen atoms in total. The molecular formula is C66H101N9O17. The van der Waals surface area contributed by atoms with Crippen molar-refractivity contribution in [1.82, 2.24) is 47.4 Å². The third-order valence-electron chi connectivity index (χ3n) is 15.7. The summed E-state index contributed by atoms with van der Waals surface area (Å²) in [7, 11) is 1.40. The highest BCUT2D eigenvalue weighted by molar-refractivity contribution is 5.95. The van der Waals surface area contributed by atoms with Gasteiger partial charge in [-0.05, 0) is 66.2 Å². The van der Waals surface area contributed by atoms with Gasteiger partial charge < -0.3 is 82.8 Å². The molecule has 0 bridgehead atoms. The largest absolute Gasteiger partial charge is 0.508 e. The van der Waals surface area contributed by atoms with Gasteiger partial charge >= 0.3 is 5.97 Å². The molecule has 1 heterocycles. The number of carbonyl (C=O) groups excluding carboxylic acids is 10. The number of ether oxygens (including phenoxy) is 1. The van der Waals surface area contributed by atoms with Gasteiger partial charge in [-0.1, -0.05) is 142 Å². The summed E-state index contributed by atoms with van der Waals surface area (Å²) in [4.78, 5) is 137. The molecule has 0 radical (unpaired) electrons. The van der Waals surface area contributed by atoms with Crippen LogP contribution < -0.4 is 42.5 Å². The number of aliphatic hydroxyl groups excluding tert-OH is 5. The van der Waals surface area contributed by atoms with Crippen LogP contribution in [-0.2, 0) is 65.5 Å². The normalized spacial score (nSPS) is 19.0. The minimum atomic E-state index is -1.77. The number of nitrogens with one attached hydrogen (secondary N) is 8. The Balaban J connectivity index is 1.63. The van der Waals surface area contributed by atoms with Gasteiger partial charge in [0.15, 0.2) is 0 Å². The molecule has 0 saturated heterocycles. The quantitative estimate of drug-likeness (QED) is 0.0255. The lowest BCUT2D eigenvalue weighted by Crippen LogP contribution is -2.58. The first-order chi connectivity index (χ1) is 43.5. The lowest BCUT2D eigenvalue weighted by atomic mass is 9.97. The number of hydrogen-bond acceptors (Lipinski definition) is 17. The molecule has 3 rings (SSSR count). The number of likely N-dealkylation sites (N-methyl/N-ethyl adjacent to an activating group) is 1. The summed E-state index contributed by atoms with van der Waals surface area (Å²) < 4.78 is 5.65. The zero-order valence-corrected chi connectivity index (χ0v) is 54.8. The SMILES string of the molecule is CCCCCC/C=C\CC(=O)N[C@@H](Cc1ccccc1)[C@@H](O)CC(=O)N[C@H](C(=O)N[C@@H](CO)[C@@H](O)CC(=O)N[C@H](C(=O)N[C@@H](CO)[C@@H](O)CC(=O)N[C@H](C(=O)N[C@@H]1/C=C/C(=O)N[C@@H](C(C)C)C(=O)N(C)[C@@H](Cc2ccc(O)cc2)C(=O)OC1)C(C)C)C(C)C)C(C)C. The monoisotopic (exact) mass is 1290 g/mol. The number of amides is 9. The van der Waals surface area contributed by atoms with Gasteiger partial charge in [0.2, 0.25) is 53.2 Å². The number of unbranched alkanes of at least 4 members (excludes halogenated alkanes) is 4. The van der Waals surface area contributed by atoms with Crippen molar-refractivity contribution in [2.24, 2.45) is 23.7 Å². The Morgan fingerprint density at radius 1 is 0.620 bits per heavy atom. The number of allylic oxidation sites excluding steroid dienone is 1. The summed E-state index contributed by atoms with van der Waals surface area (Å²) >= 11 is 0. The first-order valence-corrected chi connectivity index (χ1v) is 31.7. The third kappa shape index (κ3) is 27.2. The fourth-order valence-corrected chi connectivity index (χ4v) is 10.00. The van der Waals surface area contributed by atoms with E-state index in [2.05, 4.69) is 49.5 Å². The van der Waals surface area contributed by atoms with Crippen LogP contribution in [0.3, 0.4) is 0 Å². The van der Waals surface area contributed by atoms with E-state index in [1.807, 2.05) is 36.4 Å². The van der Waals surface area contributed by atoms with Gasteiger partial charge in [-0.25, -0.2) is 4.79 Å². The Hall–Kier alpha value is -7.78. The minimum absolute atomic E-state index is 0.0159. The molecular weight excluding hydrogens is 1190 g/mol. The lowest BCUT2D eigenvalue weighted by Gasteiger charge is -2.32. The molecule has 26 heteroatoms. The second kappa shape index (κ2) is 40.3. The fraction of sp³-hybridized carbons (Fsp3) is 0.606. The van der Waals surface area contributed by atoms with E-state index < -0.39 is 189 Å². The molecule has 0 aromatic heterocycles. The number of esters is 1. The number of hydrogen-bond donors (Lipinski definition) is 14. The van der Waals surface area contributed by atoms with Crippen molar-refractivity contribution in [1.29, 1.82) is 0 Å². The molecule has 2 aromatic rings. The predicted molar refractivity (Wildman–Crippen MR) is 342 cm³/mol. The zero-order valence-electron chi connectivity index (χ0n) is 54.8. The molecule has 0 saturated carbocycles. The van der Waals surface area contributed by atoms with Crippen molar-refractivity contribution in [3.63, 3.8) is 0 Å². The Labute approximate surface area is 539 Å². The molecule has 0 spiro atoms. The highest BCUT2D eigenvalue weighted by atomic mass is 16.5. The van der Waals surface area contributed by atoms with E-state index in [9.17, 15) is 78.6 Å². The van der Waals surface area contributed by atoms with E-state index in [0.717, 1.165) is 43.7 Å². The van der Waals surface area contributed by atoms with Crippen LogP contribution in [0.15, 0.2) is 78.9 Å². The molecule has 2 aromatic carbocycles. The summed E-state index contributed by atoms with van der Waals surface area (Å²) in [5, 5.41) is 84.8. The molecule has 1 aliphatic heterocycles. The van der Waals surface area contributed by atoms with Gasteiger partial charge in [-0.2, -0.15) is 0 Å². The Bertz CT molecular complexity index is 2760. The summed E-state index contributed by atoms with van der Waals surface area (Å²) in [6.07, 6.45) is 4.58. The van der Waals surface area contributed by atoms with Gasteiger partial charge in [0.25, 0.3) is 0 Å². The van der Waals surface area contributed by atoms with Crippen LogP contribution in [0, 0.1) is 23.7 Å². The van der Waals surface area contributed by atoms with E-state index in [0.29, 0.717) is 5.56 Å². The number of carbonyl (C=O) groups is 10. The van der Waals surface area contributed by atoms with E-state index >= 15 is 0 Å². The molecule has 12 atom stereocenters. The zero-order chi connectivity index (χ0) is 68.8. The third-order valence-corrected chi connectivity index (χ3v) is 15.7. The first kappa shape index (κ1) is 78.5. The van der Waals surface area contributed by atoms with Crippen molar-refractivity contribution < 1.29 is 83.3 Å². The molecule has 512 valence electrons. The summed E-state index contributed by atoms with van der Waals surface area (Å²) in [5.74, 6) is -9.74. The molecule has 0 aliphatic carbocycles. The van der Waals surface area contributed by atoms with E-state index in [1.54, 1.807) is 73.6 Å². The van der Waals surface area contributed by atoms with Crippen molar-refractivity contribution in [3.8, 4) is 5.75 Å². The summed E-state index contributed by atoms with van der Waals surface area (Å²) in [6, 6.07) is 3.93. The topological polar surface area (TPSA) is 401 Å². The van der Waals surface area contributed by atoms with Crippen LogP contribution in [0.5, 0.6) is 5.75 Å². The number of aromatic hydroxyl groups is 1. The number of nitrogens with zero attached hydrogens (tertiary/aromatic N) is 1. The Kier molecular flexibility index (Phi) is 34.3. The van der Waals surface area contributed by atoms with Crippen LogP contribution in [0.25, 0.3) is 0 Å². The number of phenols is 1. The van der Waals surface area contributed by atoms with Gasteiger partial charge in [-0.15, -0.1) is 0 Å². The second-order valence-corrected chi connectivity index (χ2v) is 24.8. The number of aliphatic hydroxyl groups is 5. The van der Waals surface area contributed by atoms with E-state index in [4.69, 9.17) is 4.74 Å². The van der Waals surface area contributed by atoms with Gasteiger partial charge in [-0.3, -0.25) is 43.2 Å². The van der Waals surface area contributed by atoms with Gasteiger partial charge in [0, 0.05) is 26.0 Å². The molecule has 9 amide bonds. The maximum Gasteiger partial charge on any atom is 0.329 e. The van der Waals surface area contributed by atoms with Crippen LogP contribution in [-0.4, -0.2) is 194 Å². The Morgan fingerprint density at radius 3 is 1.60 bits per heavy atom. The van der Waals surface area contributed by atoms with Gasteiger partial charge in [0.05, 0.1) is 75.0 Å². The minimum Gasteiger partial charge on any atom is -0.508 e. The average Bonchev–Trinajstić information content (AvgIpc) is 1.29. The summed E-state index contributed by atoms with van der Waals surface area (Å²) in [5.41, 5.74) is 1.38. The van der Waals surface area contributed by atoms with E-state index in [1.165, 1.54) is 30.2 Å². The molecule has 0 unspecified atom stereocenters. The molecule has 14 N–H and O–H groups in total. The molecule has 0 fully saturated rings. The highest BCUT2D eigenvalue weighted by Gasteiger charge is 2.38. The predicted octanol–water partition coefficient (Wildman–Crippen LogP) is 0.774. The first-order valence-electron chi connectivity index (χ1n) is 31.7. The van der Waals surface area contributed by atoms with Crippen LogP contribution in [0.1, 0.15) is 131 Å². The standard InChI is InChI=1S/C66H101N9O17/c1-11-12-13-14-15-16-20-23-53(82)68-46(30-42-21-18-17-19-22-42)50(79)32-55(84)73-59(39(4)5)63(88)69-48(36-77)52(81)34-57(86)74-60(40(6)7)64(89)70-47(35-76)51(80)33-56(85)72-58(38(2)3)62(87)67-44-26-29-54(83)71-61(41(8)9)65(90)75(10)49(66(91)92-37-44)31-43-24-27-45(78)28-25-43/h16-22,24-29,38-41,44,46-52,58-61,76-81H,11-15,23,30-37H2,1-10H3,(H,67,87)(H,68,82)(H,69,88)(H,70,89)(H,71,83)(H,72,85)(H,73,84)(H,74,86)/b20-16-,29-26+/t44-,46+,47+,48+,49+,50+,51+,52+,58+,59+,60+,61+/m1/s1. The molecule has 92 heavy (non-hydrogen) atoms. The fourth-order valence-electron chi connectivity index (χ4n) is 10.00. The smallest absolute Gasteiger partial charge is 0.329 e. The maximum atomic E-state index is 13.9. The number of rotatable bonds is 36. The lowest BCUT2D eigenvalue weighted by molar-refractivity contribution is -0.156. The number of phenolic OH excluding ortho intramolecular Hbond substituents is 1. The summed E-state index contributed by atoms with van der Waals surface area (Å²) in [6.45, 7) is 12.9. The number of cyclic esters (lactones) is 1. The van der Waals surface area contributed by atoms with Crippen molar-refractivity contribution in [3.05, 3.63) is 90.0 Å². The van der Waals surface area contributed by atoms with Gasteiger partial charge in [0.1, 0.15) is 42.6 Å². The van der Waals surface area contributed by atoms with Crippen LogP contribution >= 0.6 is 0 Å². The van der Waals surface area contributed by atoms with Crippen molar-refractivity contribution >= 4 is 59.1 Å². The van der Waals surface area contributed by atoms with Crippen LogP contribution in [0.4, 0.5) is 0 Å². The second-order valence-electron chi connectivity index (χ2n) is 24.8. The van der Waals surface area contributed by atoms with Crippen molar-refractivity contribution in [2.75, 3.05) is 26.9 Å². The maximum absolute atomic E-state index is 13.9.